The lowest BCUT2D eigenvalue weighted by Gasteiger charge is -2.31. The molecule has 3 aromatic rings. The Kier molecular flexibility index (Phi) is 11.5. The van der Waals surface area contributed by atoms with Crippen LogP contribution in [0.1, 0.15) is 58.6 Å². The molecule has 3 aromatic carbocycles. The van der Waals surface area contributed by atoms with E-state index in [9.17, 15) is 18.0 Å². The van der Waals surface area contributed by atoms with Gasteiger partial charge in [0.25, 0.3) is 10.0 Å². The first-order valence-electron chi connectivity index (χ1n) is 14.2. The monoisotopic (exact) mass is 590 g/mol. The number of hydrogen-bond acceptors (Lipinski definition) is 5. The second-order valence-corrected chi connectivity index (χ2v) is 13.6. The molecule has 0 heterocycles. The van der Waals surface area contributed by atoms with E-state index >= 15 is 0 Å². The Bertz CT molecular complexity index is 1420. The molecule has 0 saturated heterocycles. The third-order valence-corrected chi connectivity index (χ3v) is 7.99. The zero-order valence-electron chi connectivity index (χ0n) is 25.1. The molecular weight excluding hydrogens is 548 g/mol. The minimum absolute atomic E-state index is 0.0508. The number of hydrazine groups is 1. The van der Waals surface area contributed by atoms with Crippen LogP contribution in [0, 0.1) is 17.8 Å². The Hall–Kier alpha value is -3.91. The molecule has 0 radical (unpaired) electrons. The van der Waals surface area contributed by atoms with Gasteiger partial charge >= 0.3 is 5.97 Å². The smallest absolute Gasteiger partial charge is 0.310 e. The highest BCUT2D eigenvalue weighted by molar-refractivity contribution is 7.92. The van der Waals surface area contributed by atoms with Crippen LogP contribution in [0.3, 0.4) is 0 Å². The quantitative estimate of drug-likeness (QED) is 0.175. The second-order valence-electron chi connectivity index (χ2n) is 11.7. The molecular formula is C34H42N2O5S. The summed E-state index contributed by atoms with van der Waals surface area (Å²) < 4.78 is 34.1. The van der Waals surface area contributed by atoms with Gasteiger partial charge in [-0.3, -0.25) is 15.0 Å². The minimum Gasteiger partial charge on any atom is -0.460 e. The standard InChI is InChI=1S/C34H42N2O5S/c1-26(2)24-31(30(33(38)41-34(3,4)5)23-15-20-27-16-9-6-10-17-27)32(37)35-36(29-21-13-8-14-22-29)42(39,40)25-28-18-11-7-12-19-28/h6-22,26,30-31H,23-25H2,1-5H3,(H,35,37)/b20-15+/t30-,31+/m0/s1. The number of carbonyl (C=O) groups excluding carboxylic acids is 2. The minimum atomic E-state index is -4.04. The highest BCUT2D eigenvalue weighted by atomic mass is 32.2. The molecule has 0 spiro atoms. The van der Waals surface area contributed by atoms with E-state index in [1.165, 1.54) is 0 Å². The van der Waals surface area contributed by atoms with Crippen LogP contribution >= 0.6 is 0 Å². The second kappa shape index (κ2) is 14.8. The summed E-state index contributed by atoms with van der Waals surface area (Å²) in [5, 5.41) is 0. The summed E-state index contributed by atoms with van der Waals surface area (Å²) in [4.78, 5) is 27.6. The first-order valence-corrected chi connectivity index (χ1v) is 15.8. The van der Waals surface area contributed by atoms with E-state index < -0.39 is 39.3 Å². The molecule has 2 atom stereocenters. The van der Waals surface area contributed by atoms with E-state index in [0.29, 0.717) is 17.7 Å². The third-order valence-electron chi connectivity index (χ3n) is 6.43. The van der Waals surface area contributed by atoms with Crippen molar-refractivity contribution >= 4 is 33.7 Å². The summed E-state index contributed by atoms with van der Waals surface area (Å²) in [7, 11) is -4.04. The number of amides is 1. The SMILES string of the molecule is CC(C)C[C@@H](C(=O)NN(c1ccccc1)S(=O)(=O)Cc1ccccc1)[C@H](C/C=C/c1ccccc1)C(=O)OC(C)(C)C. The maximum Gasteiger partial charge on any atom is 0.310 e. The number of sulfonamides is 1. The fraction of sp³-hybridized carbons (Fsp3) is 0.353. The molecule has 0 aliphatic rings. The van der Waals surface area contributed by atoms with Gasteiger partial charge < -0.3 is 4.74 Å². The Balaban J connectivity index is 1.98. The largest absolute Gasteiger partial charge is 0.460 e. The fourth-order valence-corrected chi connectivity index (χ4v) is 5.98. The summed E-state index contributed by atoms with van der Waals surface area (Å²) in [5.41, 5.74) is 3.77. The number of anilines is 1. The van der Waals surface area contributed by atoms with Crippen molar-refractivity contribution in [2.75, 3.05) is 4.41 Å². The average Bonchev–Trinajstić information content (AvgIpc) is 2.93. The van der Waals surface area contributed by atoms with E-state index in [1.807, 2.05) is 62.4 Å². The van der Waals surface area contributed by atoms with Crippen molar-refractivity contribution in [2.45, 2.75) is 58.8 Å². The van der Waals surface area contributed by atoms with Crippen molar-refractivity contribution in [3.8, 4) is 0 Å². The van der Waals surface area contributed by atoms with Crippen LogP contribution in [0.15, 0.2) is 97.1 Å². The third kappa shape index (κ3) is 10.2. The Morgan fingerprint density at radius 2 is 1.40 bits per heavy atom. The Morgan fingerprint density at radius 1 is 0.857 bits per heavy atom. The number of esters is 1. The summed E-state index contributed by atoms with van der Waals surface area (Å²) in [6.45, 7) is 9.28. The molecule has 3 rings (SSSR count). The number of rotatable bonds is 13. The Morgan fingerprint density at radius 3 is 1.95 bits per heavy atom. The molecule has 0 saturated carbocycles. The maximum atomic E-state index is 14.1. The number of benzene rings is 3. The van der Waals surface area contributed by atoms with Gasteiger partial charge in [0.15, 0.2) is 0 Å². The summed E-state index contributed by atoms with van der Waals surface area (Å²) in [6.07, 6.45) is 4.38. The molecule has 0 aromatic heterocycles. The van der Waals surface area contributed by atoms with Crippen molar-refractivity contribution < 1.29 is 22.7 Å². The van der Waals surface area contributed by atoms with Gasteiger partial charge in [-0.1, -0.05) is 105 Å². The van der Waals surface area contributed by atoms with E-state index in [2.05, 4.69) is 5.43 Å². The Labute approximate surface area is 250 Å². The van der Waals surface area contributed by atoms with Gasteiger partial charge in [0.05, 0.1) is 23.3 Å². The van der Waals surface area contributed by atoms with Gasteiger partial charge in [-0.15, -0.1) is 0 Å². The van der Waals surface area contributed by atoms with Gasteiger partial charge in [-0.05, 0) is 62.8 Å². The van der Waals surface area contributed by atoms with Gasteiger partial charge in [0, 0.05) is 0 Å². The molecule has 0 bridgehead atoms. The lowest BCUT2D eigenvalue weighted by atomic mass is 9.82. The lowest BCUT2D eigenvalue weighted by Crippen LogP contribution is -2.51. The van der Waals surface area contributed by atoms with E-state index in [0.717, 1.165) is 9.98 Å². The number of allylic oxidation sites excluding steroid dienone is 1. The number of nitrogens with one attached hydrogen (secondary N) is 1. The molecule has 1 N–H and O–H groups in total. The van der Waals surface area contributed by atoms with E-state index in [4.69, 9.17) is 4.74 Å². The predicted molar refractivity (Wildman–Crippen MR) is 169 cm³/mol. The fourth-order valence-electron chi connectivity index (χ4n) is 4.57. The molecule has 0 aliphatic carbocycles. The van der Waals surface area contributed by atoms with Crippen molar-refractivity contribution in [1.29, 1.82) is 0 Å². The van der Waals surface area contributed by atoms with Crippen LogP contribution in [0.4, 0.5) is 5.69 Å². The predicted octanol–water partition coefficient (Wildman–Crippen LogP) is 6.78. The molecule has 224 valence electrons. The van der Waals surface area contributed by atoms with Gasteiger partial charge in [0.2, 0.25) is 5.91 Å². The average molecular weight is 591 g/mol. The van der Waals surface area contributed by atoms with Crippen LogP contribution < -0.4 is 9.84 Å². The molecule has 42 heavy (non-hydrogen) atoms. The van der Waals surface area contributed by atoms with Crippen molar-refractivity contribution in [3.63, 3.8) is 0 Å². The highest BCUT2D eigenvalue weighted by Crippen LogP contribution is 2.29. The molecule has 8 heteroatoms. The van der Waals surface area contributed by atoms with E-state index in [1.54, 1.807) is 75.4 Å². The summed E-state index contributed by atoms with van der Waals surface area (Å²) in [5.74, 6) is -3.01. The van der Waals surface area contributed by atoms with E-state index in [-0.39, 0.29) is 18.1 Å². The highest BCUT2D eigenvalue weighted by Gasteiger charge is 2.38. The molecule has 0 unspecified atom stereocenters. The first kappa shape index (κ1) is 32.6. The molecule has 0 aliphatic heterocycles. The van der Waals surface area contributed by atoms with Crippen molar-refractivity contribution in [3.05, 3.63) is 108 Å². The first-order chi connectivity index (χ1) is 19.9. The van der Waals surface area contributed by atoms with Crippen molar-refractivity contribution in [1.82, 2.24) is 5.43 Å². The molecule has 1 amide bonds. The molecule has 0 fully saturated rings. The normalized spacial score (nSPS) is 13.5. The number of ether oxygens (including phenoxy) is 1. The number of carbonyl (C=O) groups is 2. The zero-order valence-corrected chi connectivity index (χ0v) is 25.9. The number of para-hydroxylation sites is 1. The zero-order chi connectivity index (χ0) is 30.8. The molecule has 7 nitrogen and oxygen atoms in total. The van der Waals surface area contributed by atoms with Gasteiger partial charge in [-0.25, -0.2) is 8.42 Å². The maximum absolute atomic E-state index is 14.1. The van der Waals surface area contributed by atoms with Gasteiger partial charge in [0.1, 0.15) is 5.60 Å². The number of nitrogens with zero attached hydrogens (tertiary/aromatic N) is 1. The summed E-state index contributed by atoms with van der Waals surface area (Å²) in [6, 6.07) is 26.9. The van der Waals surface area contributed by atoms with Crippen LogP contribution in [-0.2, 0) is 30.1 Å². The topological polar surface area (TPSA) is 92.8 Å². The van der Waals surface area contributed by atoms with Crippen molar-refractivity contribution in [2.24, 2.45) is 17.8 Å². The van der Waals surface area contributed by atoms with Gasteiger partial charge in [-0.2, -0.15) is 4.41 Å². The number of hydrogen-bond donors (Lipinski definition) is 1. The van der Waals surface area contributed by atoms with Crippen LogP contribution in [0.5, 0.6) is 0 Å². The van der Waals surface area contributed by atoms with Crippen LogP contribution in [-0.4, -0.2) is 25.9 Å². The lowest BCUT2D eigenvalue weighted by molar-refractivity contribution is -0.164. The van der Waals surface area contributed by atoms with Crippen LogP contribution in [0.2, 0.25) is 0 Å². The van der Waals surface area contributed by atoms with Crippen LogP contribution in [0.25, 0.3) is 6.08 Å². The summed E-state index contributed by atoms with van der Waals surface area (Å²) >= 11 is 0.